The molecule has 1 atom stereocenters. The summed E-state index contributed by atoms with van der Waals surface area (Å²) in [6.45, 7) is 3.01. The maximum atomic E-state index is 13.3. The van der Waals surface area contributed by atoms with E-state index < -0.39 is 32.0 Å². The molecule has 2 aliphatic heterocycles. The summed E-state index contributed by atoms with van der Waals surface area (Å²) < 4.78 is 70.2. The Balaban J connectivity index is 1.63. The minimum absolute atomic E-state index is 0.0139. The van der Waals surface area contributed by atoms with Crippen molar-refractivity contribution in [1.29, 1.82) is 0 Å². The first-order valence-electron chi connectivity index (χ1n) is 11.4. The van der Waals surface area contributed by atoms with E-state index in [-0.39, 0.29) is 22.0 Å². The van der Waals surface area contributed by atoms with Crippen molar-refractivity contribution in [2.24, 2.45) is 0 Å². The topological polar surface area (TPSA) is 132 Å². The summed E-state index contributed by atoms with van der Waals surface area (Å²) in [5, 5.41) is 2.64. The molecular weight excluding hydrogens is 510 g/mol. The fraction of sp³-hybridized carbons (Fsp3) is 0.435. The Morgan fingerprint density at radius 3 is 2.33 bits per heavy atom. The largest absolute Gasteiger partial charge is 0.495 e. The number of nitrogens with one attached hydrogen (secondary N) is 1. The Hall–Kier alpha value is -3.03. The van der Waals surface area contributed by atoms with Gasteiger partial charge in [-0.2, -0.15) is 4.31 Å². The van der Waals surface area contributed by atoms with Crippen LogP contribution in [-0.4, -0.2) is 72.8 Å². The van der Waals surface area contributed by atoms with Gasteiger partial charge in [-0.15, -0.1) is 0 Å². The number of amides is 1. The van der Waals surface area contributed by atoms with Crippen LogP contribution < -0.4 is 23.8 Å². The van der Waals surface area contributed by atoms with E-state index in [1.807, 2.05) is 0 Å². The fourth-order valence-electron chi connectivity index (χ4n) is 4.24. The molecule has 0 saturated carbocycles. The van der Waals surface area contributed by atoms with Gasteiger partial charge < -0.3 is 19.5 Å². The summed E-state index contributed by atoms with van der Waals surface area (Å²) in [5.41, 5.74) is 0.340. The Kier molecular flexibility index (Phi) is 7.34. The first-order chi connectivity index (χ1) is 17.0. The molecule has 2 heterocycles. The zero-order valence-electron chi connectivity index (χ0n) is 20.3. The van der Waals surface area contributed by atoms with Crippen molar-refractivity contribution in [3.63, 3.8) is 0 Å². The number of ether oxygens (including phenoxy) is 3. The van der Waals surface area contributed by atoms with Gasteiger partial charge in [0.25, 0.3) is 0 Å². The van der Waals surface area contributed by atoms with Crippen molar-refractivity contribution < 1.29 is 35.8 Å². The van der Waals surface area contributed by atoms with Crippen LogP contribution in [0.25, 0.3) is 0 Å². The molecule has 0 bridgehead atoms. The molecule has 1 saturated heterocycles. The third kappa shape index (κ3) is 5.22. The summed E-state index contributed by atoms with van der Waals surface area (Å²) in [7, 11) is -6.25. The van der Waals surface area contributed by atoms with Crippen molar-refractivity contribution in [2.45, 2.75) is 30.7 Å². The SMILES string of the molecule is COc1ccc(S(=O)(=O)N2CCCC2)cc1NC(=O)[C@H](C)N(c1ccc2c(c1)OCCO2)S(C)(=O)=O. The quantitative estimate of drug-likeness (QED) is 0.539. The third-order valence-electron chi connectivity index (χ3n) is 6.00. The number of sulfonamides is 2. The normalized spacial score (nSPS) is 16.9. The molecule has 0 aromatic heterocycles. The lowest BCUT2D eigenvalue weighted by atomic mass is 10.2. The zero-order valence-corrected chi connectivity index (χ0v) is 21.9. The Labute approximate surface area is 211 Å². The molecule has 2 aromatic rings. The van der Waals surface area contributed by atoms with Crippen LogP contribution >= 0.6 is 0 Å². The minimum Gasteiger partial charge on any atom is -0.495 e. The summed E-state index contributed by atoms with van der Waals surface area (Å²) in [6, 6.07) is 7.63. The maximum absolute atomic E-state index is 13.3. The molecule has 1 fully saturated rings. The van der Waals surface area contributed by atoms with Crippen LogP contribution in [0.2, 0.25) is 0 Å². The number of benzene rings is 2. The molecular formula is C23H29N3O8S2. The van der Waals surface area contributed by atoms with Gasteiger partial charge in [0, 0.05) is 19.2 Å². The van der Waals surface area contributed by atoms with Crippen LogP contribution in [0.15, 0.2) is 41.3 Å². The molecule has 0 aliphatic carbocycles. The second-order valence-electron chi connectivity index (χ2n) is 8.53. The number of carbonyl (C=O) groups is 1. The second kappa shape index (κ2) is 10.1. The van der Waals surface area contributed by atoms with Gasteiger partial charge >= 0.3 is 0 Å². The van der Waals surface area contributed by atoms with E-state index in [0.29, 0.717) is 37.8 Å². The van der Waals surface area contributed by atoms with Crippen molar-refractivity contribution in [1.82, 2.24) is 4.31 Å². The van der Waals surface area contributed by atoms with Crippen LogP contribution in [0, 0.1) is 0 Å². The predicted molar refractivity (Wildman–Crippen MR) is 134 cm³/mol. The zero-order chi connectivity index (χ0) is 26.1. The molecule has 36 heavy (non-hydrogen) atoms. The highest BCUT2D eigenvalue weighted by molar-refractivity contribution is 7.92. The molecule has 0 radical (unpaired) electrons. The molecule has 0 spiro atoms. The Bertz CT molecular complexity index is 1360. The average molecular weight is 540 g/mol. The van der Waals surface area contributed by atoms with Crippen LogP contribution in [-0.2, 0) is 24.8 Å². The molecule has 0 unspecified atom stereocenters. The highest BCUT2D eigenvalue weighted by atomic mass is 32.2. The summed E-state index contributed by atoms with van der Waals surface area (Å²) in [5.74, 6) is 0.420. The first-order valence-corrected chi connectivity index (χ1v) is 14.7. The van der Waals surface area contributed by atoms with E-state index in [1.54, 1.807) is 6.07 Å². The lowest BCUT2D eigenvalue weighted by Crippen LogP contribution is -2.45. The second-order valence-corrected chi connectivity index (χ2v) is 12.3. The van der Waals surface area contributed by atoms with Crippen LogP contribution in [0.5, 0.6) is 17.2 Å². The molecule has 2 aliphatic rings. The third-order valence-corrected chi connectivity index (χ3v) is 9.14. The molecule has 1 amide bonds. The number of rotatable bonds is 8. The Morgan fingerprint density at radius 1 is 1.03 bits per heavy atom. The van der Waals surface area contributed by atoms with E-state index in [2.05, 4.69) is 5.32 Å². The molecule has 196 valence electrons. The molecule has 1 N–H and O–H groups in total. The van der Waals surface area contributed by atoms with Crippen LogP contribution in [0.3, 0.4) is 0 Å². The number of hydrogen-bond acceptors (Lipinski definition) is 8. The van der Waals surface area contributed by atoms with Gasteiger partial charge in [-0.05, 0) is 50.1 Å². The average Bonchev–Trinajstić information content (AvgIpc) is 3.39. The Morgan fingerprint density at radius 2 is 1.69 bits per heavy atom. The van der Waals surface area contributed by atoms with Crippen molar-refractivity contribution >= 4 is 37.3 Å². The number of methoxy groups -OCH3 is 1. The molecule has 13 heteroatoms. The van der Waals surface area contributed by atoms with Crippen LogP contribution in [0.4, 0.5) is 11.4 Å². The van der Waals surface area contributed by atoms with Crippen molar-refractivity contribution in [2.75, 3.05) is 49.3 Å². The van der Waals surface area contributed by atoms with Gasteiger partial charge in [-0.25, -0.2) is 16.8 Å². The summed E-state index contributed by atoms with van der Waals surface area (Å²) >= 11 is 0. The van der Waals surface area contributed by atoms with Gasteiger partial charge in [0.15, 0.2) is 11.5 Å². The lowest BCUT2D eigenvalue weighted by Gasteiger charge is -2.29. The van der Waals surface area contributed by atoms with Gasteiger partial charge in [0.05, 0.1) is 29.6 Å². The maximum Gasteiger partial charge on any atom is 0.248 e. The summed E-state index contributed by atoms with van der Waals surface area (Å²) in [6.07, 6.45) is 2.58. The van der Waals surface area contributed by atoms with E-state index in [4.69, 9.17) is 14.2 Å². The van der Waals surface area contributed by atoms with Gasteiger partial charge in [-0.1, -0.05) is 0 Å². The van der Waals surface area contributed by atoms with Gasteiger partial charge in [-0.3, -0.25) is 9.10 Å². The molecule has 2 aromatic carbocycles. The predicted octanol–water partition coefficient (Wildman–Crippen LogP) is 2.04. The number of hydrogen-bond donors (Lipinski definition) is 1. The van der Waals surface area contributed by atoms with Gasteiger partial charge in [0.2, 0.25) is 26.0 Å². The highest BCUT2D eigenvalue weighted by Crippen LogP contribution is 2.36. The number of anilines is 2. The molecule has 4 rings (SSSR count). The minimum atomic E-state index is -3.90. The number of nitrogens with zero attached hydrogens (tertiary/aromatic N) is 2. The van der Waals surface area contributed by atoms with E-state index in [0.717, 1.165) is 23.4 Å². The van der Waals surface area contributed by atoms with E-state index >= 15 is 0 Å². The van der Waals surface area contributed by atoms with Crippen LogP contribution in [0.1, 0.15) is 19.8 Å². The first kappa shape index (κ1) is 26.0. The van der Waals surface area contributed by atoms with E-state index in [1.165, 1.54) is 48.7 Å². The van der Waals surface area contributed by atoms with Crippen molar-refractivity contribution in [3.8, 4) is 17.2 Å². The number of fused-ring (bicyclic) bond motifs is 1. The van der Waals surface area contributed by atoms with Gasteiger partial charge in [0.1, 0.15) is 25.0 Å². The van der Waals surface area contributed by atoms with E-state index in [9.17, 15) is 21.6 Å². The lowest BCUT2D eigenvalue weighted by molar-refractivity contribution is -0.116. The standard InChI is InChI=1S/C23H29N3O8S2/c1-16(26(35(3,28)29)17-6-8-21-22(14-17)34-13-12-33-21)23(27)24-19-15-18(7-9-20(19)32-2)36(30,31)25-10-4-5-11-25/h6-9,14-16H,4-5,10-13H2,1-3H3,(H,24,27)/t16-/m0/s1. The monoisotopic (exact) mass is 539 g/mol. The molecule has 11 nitrogen and oxygen atoms in total. The fourth-order valence-corrected chi connectivity index (χ4v) is 6.95. The smallest absolute Gasteiger partial charge is 0.248 e. The summed E-state index contributed by atoms with van der Waals surface area (Å²) in [4.78, 5) is 13.3. The highest BCUT2D eigenvalue weighted by Gasteiger charge is 2.32. The van der Waals surface area contributed by atoms with Crippen molar-refractivity contribution in [3.05, 3.63) is 36.4 Å². The number of carbonyl (C=O) groups excluding carboxylic acids is 1.